The number of benzene rings is 2. The van der Waals surface area contributed by atoms with Gasteiger partial charge in [-0.2, -0.15) is 0 Å². The van der Waals surface area contributed by atoms with Crippen LogP contribution in [-0.4, -0.2) is 24.2 Å². The summed E-state index contributed by atoms with van der Waals surface area (Å²) in [5, 5.41) is 11.3. The second-order valence-electron chi connectivity index (χ2n) is 5.27. The molecule has 4 N–H and O–H groups in total. The summed E-state index contributed by atoms with van der Waals surface area (Å²) < 4.78 is 5.72. The van der Waals surface area contributed by atoms with E-state index in [1.165, 1.54) is 6.08 Å². The predicted molar refractivity (Wildman–Crippen MR) is 95.4 cm³/mol. The molecule has 1 amide bonds. The molecule has 0 unspecified atom stereocenters. The van der Waals surface area contributed by atoms with Crippen LogP contribution in [-0.2, 0) is 11.4 Å². The highest BCUT2D eigenvalue weighted by molar-refractivity contribution is 5.91. The summed E-state index contributed by atoms with van der Waals surface area (Å²) in [6.07, 6.45) is 3.67. The van der Waals surface area contributed by atoms with Gasteiger partial charge in [0.15, 0.2) is 0 Å². The Morgan fingerprint density at radius 1 is 1.21 bits per heavy atom. The van der Waals surface area contributed by atoms with Gasteiger partial charge in [-0.25, -0.2) is 0 Å². The number of anilines is 1. The molecule has 0 aliphatic carbocycles. The van der Waals surface area contributed by atoms with Crippen LogP contribution in [0.2, 0.25) is 0 Å². The highest BCUT2D eigenvalue weighted by Gasteiger charge is 2.02. The largest absolute Gasteiger partial charge is 0.487 e. The third kappa shape index (κ3) is 5.78. The van der Waals surface area contributed by atoms with E-state index in [4.69, 9.17) is 15.6 Å². The van der Waals surface area contributed by atoms with E-state index in [0.29, 0.717) is 31.0 Å². The van der Waals surface area contributed by atoms with Crippen molar-refractivity contribution < 1.29 is 14.6 Å². The van der Waals surface area contributed by atoms with E-state index in [-0.39, 0.29) is 12.5 Å². The number of ether oxygens (including phenoxy) is 1. The Morgan fingerprint density at radius 2 is 2.00 bits per heavy atom. The van der Waals surface area contributed by atoms with E-state index < -0.39 is 0 Å². The van der Waals surface area contributed by atoms with E-state index in [2.05, 4.69) is 5.32 Å². The molecule has 0 atom stereocenters. The summed E-state index contributed by atoms with van der Waals surface area (Å²) in [7, 11) is 0. The molecule has 126 valence electrons. The number of carbonyl (C=O) groups excluding carboxylic acids is 1. The Bertz CT molecular complexity index is 684. The molecule has 24 heavy (non-hydrogen) atoms. The minimum absolute atomic E-state index is 0.0605. The van der Waals surface area contributed by atoms with Gasteiger partial charge in [0.2, 0.25) is 5.91 Å². The quantitative estimate of drug-likeness (QED) is 0.395. The third-order valence-electron chi connectivity index (χ3n) is 3.33. The molecular formula is C19H22N2O3. The van der Waals surface area contributed by atoms with Crippen LogP contribution in [0.1, 0.15) is 17.5 Å². The van der Waals surface area contributed by atoms with Gasteiger partial charge in [0.05, 0.1) is 5.69 Å². The van der Waals surface area contributed by atoms with E-state index in [9.17, 15) is 4.79 Å². The van der Waals surface area contributed by atoms with Gasteiger partial charge in [-0.15, -0.1) is 0 Å². The van der Waals surface area contributed by atoms with Crippen molar-refractivity contribution in [3.63, 3.8) is 0 Å². The lowest BCUT2D eigenvalue weighted by Gasteiger charge is -2.09. The van der Waals surface area contributed by atoms with Crippen LogP contribution < -0.4 is 15.8 Å². The fourth-order valence-electron chi connectivity index (χ4n) is 2.06. The molecule has 0 aliphatic heterocycles. The summed E-state index contributed by atoms with van der Waals surface area (Å²) in [5.74, 6) is 0.412. The minimum atomic E-state index is -0.202. The van der Waals surface area contributed by atoms with Crippen LogP contribution in [0.25, 0.3) is 6.08 Å². The fourth-order valence-corrected chi connectivity index (χ4v) is 2.06. The molecule has 0 radical (unpaired) electrons. The number of carbonyl (C=O) groups is 1. The van der Waals surface area contributed by atoms with Crippen molar-refractivity contribution in [2.24, 2.45) is 0 Å². The summed E-state index contributed by atoms with van der Waals surface area (Å²) in [5.41, 5.74) is 8.41. The summed E-state index contributed by atoms with van der Waals surface area (Å²) in [4.78, 5) is 11.6. The number of amides is 1. The zero-order chi connectivity index (χ0) is 17.2. The molecule has 2 aromatic rings. The van der Waals surface area contributed by atoms with Crippen molar-refractivity contribution in [1.82, 2.24) is 5.32 Å². The van der Waals surface area contributed by atoms with E-state index in [1.807, 2.05) is 36.4 Å². The molecular weight excluding hydrogens is 304 g/mol. The highest BCUT2D eigenvalue weighted by Crippen LogP contribution is 2.24. The predicted octanol–water partition coefficient (Wildman–Crippen LogP) is 2.36. The highest BCUT2D eigenvalue weighted by atomic mass is 16.5. The van der Waals surface area contributed by atoms with E-state index in [0.717, 1.165) is 11.1 Å². The van der Waals surface area contributed by atoms with Crippen LogP contribution in [0.5, 0.6) is 5.75 Å². The Balaban J connectivity index is 1.90. The molecule has 0 bridgehead atoms. The maximum absolute atomic E-state index is 11.6. The summed E-state index contributed by atoms with van der Waals surface area (Å²) >= 11 is 0. The monoisotopic (exact) mass is 326 g/mol. The smallest absolute Gasteiger partial charge is 0.244 e. The number of aliphatic hydroxyl groups excluding tert-OH is 1. The van der Waals surface area contributed by atoms with Crippen LogP contribution in [0.15, 0.2) is 54.6 Å². The van der Waals surface area contributed by atoms with Gasteiger partial charge >= 0.3 is 0 Å². The molecule has 0 fully saturated rings. The molecule has 5 heteroatoms. The van der Waals surface area contributed by atoms with Crippen LogP contribution in [0.4, 0.5) is 5.69 Å². The lowest BCUT2D eigenvalue weighted by molar-refractivity contribution is -0.116. The first kappa shape index (κ1) is 17.6. The standard InChI is InChI=1S/C19H22N2O3/c20-17-13-15(8-10-19(23)21-11-4-12-22)7-9-18(17)24-14-16-5-2-1-3-6-16/h1-3,5-10,13,22H,4,11-12,14,20H2,(H,21,23)/b10-8-. The van der Waals surface area contributed by atoms with E-state index in [1.54, 1.807) is 18.2 Å². The average molecular weight is 326 g/mol. The zero-order valence-electron chi connectivity index (χ0n) is 13.4. The second-order valence-corrected chi connectivity index (χ2v) is 5.27. The fraction of sp³-hybridized carbons (Fsp3) is 0.211. The molecule has 0 saturated carbocycles. The average Bonchev–Trinajstić information content (AvgIpc) is 2.60. The van der Waals surface area contributed by atoms with Crippen LogP contribution in [0.3, 0.4) is 0 Å². The van der Waals surface area contributed by atoms with Gasteiger partial charge in [0, 0.05) is 19.2 Å². The number of nitrogens with two attached hydrogens (primary N) is 1. The van der Waals surface area contributed by atoms with Crippen molar-refractivity contribution in [3.8, 4) is 5.75 Å². The van der Waals surface area contributed by atoms with E-state index >= 15 is 0 Å². The lowest BCUT2D eigenvalue weighted by Crippen LogP contribution is -2.22. The summed E-state index contributed by atoms with van der Waals surface area (Å²) in [6, 6.07) is 15.3. The number of hydrogen-bond acceptors (Lipinski definition) is 4. The van der Waals surface area contributed by atoms with Crippen molar-refractivity contribution in [3.05, 3.63) is 65.7 Å². The summed E-state index contributed by atoms with van der Waals surface area (Å²) in [6.45, 7) is 0.965. The molecule has 2 aromatic carbocycles. The molecule has 0 aliphatic rings. The number of hydrogen-bond donors (Lipinski definition) is 3. The third-order valence-corrected chi connectivity index (χ3v) is 3.33. The molecule has 0 saturated heterocycles. The number of nitrogens with one attached hydrogen (secondary N) is 1. The van der Waals surface area contributed by atoms with Gasteiger partial charge in [0.1, 0.15) is 12.4 Å². The minimum Gasteiger partial charge on any atom is -0.487 e. The van der Waals surface area contributed by atoms with Crippen LogP contribution >= 0.6 is 0 Å². The first-order valence-corrected chi connectivity index (χ1v) is 7.82. The first-order chi connectivity index (χ1) is 11.7. The topological polar surface area (TPSA) is 84.6 Å². The van der Waals surface area contributed by atoms with Gasteiger partial charge in [-0.3, -0.25) is 4.79 Å². The molecule has 2 rings (SSSR count). The molecule has 5 nitrogen and oxygen atoms in total. The zero-order valence-corrected chi connectivity index (χ0v) is 13.4. The van der Waals surface area contributed by atoms with Crippen LogP contribution in [0, 0.1) is 0 Å². The Labute approximate surface area is 141 Å². The Kier molecular flexibility index (Phi) is 6.86. The molecule has 0 spiro atoms. The normalized spacial score (nSPS) is 10.7. The maximum Gasteiger partial charge on any atom is 0.244 e. The van der Waals surface area contributed by atoms with Crippen molar-refractivity contribution in [1.29, 1.82) is 0 Å². The Hall–Kier alpha value is -2.79. The SMILES string of the molecule is Nc1cc(/C=C\C(=O)NCCCO)ccc1OCc1ccccc1. The Morgan fingerprint density at radius 3 is 2.71 bits per heavy atom. The first-order valence-electron chi connectivity index (χ1n) is 7.82. The number of aliphatic hydroxyl groups is 1. The molecule has 0 heterocycles. The second kappa shape index (κ2) is 9.37. The van der Waals surface area contributed by atoms with Gasteiger partial charge in [-0.05, 0) is 35.8 Å². The number of nitrogen functional groups attached to an aromatic ring is 1. The molecule has 0 aromatic heterocycles. The van der Waals surface area contributed by atoms with Crippen molar-refractivity contribution in [2.45, 2.75) is 13.0 Å². The van der Waals surface area contributed by atoms with Gasteiger partial charge < -0.3 is 20.9 Å². The lowest BCUT2D eigenvalue weighted by atomic mass is 10.1. The van der Waals surface area contributed by atoms with Gasteiger partial charge in [-0.1, -0.05) is 36.4 Å². The van der Waals surface area contributed by atoms with Crippen molar-refractivity contribution >= 4 is 17.7 Å². The van der Waals surface area contributed by atoms with Crippen molar-refractivity contribution in [2.75, 3.05) is 18.9 Å². The number of rotatable bonds is 8. The maximum atomic E-state index is 11.6. The van der Waals surface area contributed by atoms with Gasteiger partial charge in [0.25, 0.3) is 0 Å².